The molecule has 1 saturated carbocycles. The minimum absolute atomic E-state index is 0.244. The van der Waals surface area contributed by atoms with Gasteiger partial charge in [0.15, 0.2) is 0 Å². The number of nitrogens with one attached hydrogen (secondary N) is 1. The molecule has 2 unspecified atom stereocenters. The number of piperidine rings is 1. The summed E-state index contributed by atoms with van der Waals surface area (Å²) >= 11 is 0. The standard InChI is InChI=1S/C8H13NO/c10-7-4-3-6-2-1-5-9-8(6)7/h6,8-9H,1-5H2. The Morgan fingerprint density at radius 2 is 2.30 bits per heavy atom. The number of rotatable bonds is 0. The van der Waals surface area contributed by atoms with E-state index in [1.54, 1.807) is 0 Å². The van der Waals surface area contributed by atoms with E-state index in [4.69, 9.17) is 0 Å². The van der Waals surface area contributed by atoms with Crippen molar-refractivity contribution in [1.29, 1.82) is 0 Å². The first-order chi connectivity index (χ1) is 4.88. The summed E-state index contributed by atoms with van der Waals surface area (Å²) < 4.78 is 0. The Labute approximate surface area is 61.0 Å². The molecular weight excluding hydrogens is 126 g/mol. The average molecular weight is 139 g/mol. The number of Topliss-reactive ketones (excluding diaryl/α,β-unsaturated/α-hetero) is 1. The van der Waals surface area contributed by atoms with Gasteiger partial charge in [-0.3, -0.25) is 4.79 Å². The third-order valence-electron chi connectivity index (χ3n) is 2.70. The molecule has 0 amide bonds. The summed E-state index contributed by atoms with van der Waals surface area (Å²) in [5.41, 5.74) is 0. The van der Waals surface area contributed by atoms with Crippen molar-refractivity contribution in [2.24, 2.45) is 5.92 Å². The van der Waals surface area contributed by atoms with E-state index in [-0.39, 0.29) is 6.04 Å². The van der Waals surface area contributed by atoms with Gasteiger partial charge < -0.3 is 5.32 Å². The van der Waals surface area contributed by atoms with Gasteiger partial charge in [0, 0.05) is 6.42 Å². The van der Waals surface area contributed by atoms with E-state index >= 15 is 0 Å². The molecule has 2 atom stereocenters. The molecule has 2 aliphatic rings. The van der Waals surface area contributed by atoms with Crippen LogP contribution in [0.4, 0.5) is 0 Å². The molecule has 2 heteroatoms. The van der Waals surface area contributed by atoms with Crippen LogP contribution in [-0.2, 0) is 4.79 Å². The number of fused-ring (bicyclic) bond motifs is 1. The zero-order valence-electron chi connectivity index (χ0n) is 6.10. The quantitative estimate of drug-likeness (QED) is 0.535. The van der Waals surface area contributed by atoms with E-state index in [0.29, 0.717) is 11.7 Å². The van der Waals surface area contributed by atoms with Gasteiger partial charge in [0.2, 0.25) is 0 Å². The highest BCUT2D eigenvalue weighted by atomic mass is 16.1. The molecule has 1 saturated heterocycles. The van der Waals surface area contributed by atoms with Crippen LogP contribution in [0.1, 0.15) is 25.7 Å². The van der Waals surface area contributed by atoms with Crippen LogP contribution >= 0.6 is 0 Å². The van der Waals surface area contributed by atoms with Gasteiger partial charge in [-0.2, -0.15) is 0 Å². The highest BCUT2D eigenvalue weighted by Crippen LogP contribution is 2.29. The van der Waals surface area contributed by atoms with Crippen LogP contribution in [0.2, 0.25) is 0 Å². The number of carbonyl (C=O) groups excluding carboxylic acids is 1. The molecule has 1 heterocycles. The van der Waals surface area contributed by atoms with E-state index in [1.165, 1.54) is 12.8 Å². The van der Waals surface area contributed by atoms with Gasteiger partial charge in [-0.05, 0) is 31.7 Å². The lowest BCUT2D eigenvalue weighted by atomic mass is 9.94. The average Bonchev–Trinajstić information content (AvgIpc) is 2.34. The van der Waals surface area contributed by atoms with Crippen molar-refractivity contribution in [3.05, 3.63) is 0 Å². The minimum atomic E-state index is 0.244. The third-order valence-corrected chi connectivity index (χ3v) is 2.70. The van der Waals surface area contributed by atoms with Crippen LogP contribution in [0.25, 0.3) is 0 Å². The molecule has 0 radical (unpaired) electrons. The van der Waals surface area contributed by atoms with E-state index < -0.39 is 0 Å². The highest BCUT2D eigenvalue weighted by Gasteiger charge is 2.35. The van der Waals surface area contributed by atoms with Crippen LogP contribution in [0.5, 0.6) is 0 Å². The Bertz CT molecular complexity index is 155. The Kier molecular flexibility index (Phi) is 1.49. The summed E-state index contributed by atoms with van der Waals surface area (Å²) in [7, 11) is 0. The molecule has 0 aromatic heterocycles. The fraction of sp³-hybridized carbons (Fsp3) is 0.875. The van der Waals surface area contributed by atoms with Crippen molar-refractivity contribution in [3.8, 4) is 0 Å². The van der Waals surface area contributed by atoms with Crippen molar-refractivity contribution in [2.45, 2.75) is 31.7 Å². The first kappa shape index (κ1) is 6.35. The van der Waals surface area contributed by atoms with Crippen LogP contribution in [0, 0.1) is 5.92 Å². The Hall–Kier alpha value is -0.370. The molecule has 1 aliphatic heterocycles. The molecule has 10 heavy (non-hydrogen) atoms. The molecule has 0 aromatic carbocycles. The summed E-state index contributed by atoms with van der Waals surface area (Å²) in [5, 5.41) is 3.28. The Morgan fingerprint density at radius 1 is 1.40 bits per heavy atom. The second-order valence-corrected chi connectivity index (χ2v) is 3.34. The summed E-state index contributed by atoms with van der Waals surface area (Å²) in [5.74, 6) is 1.13. The molecule has 2 rings (SSSR count). The second-order valence-electron chi connectivity index (χ2n) is 3.34. The fourth-order valence-electron chi connectivity index (χ4n) is 2.13. The predicted molar refractivity (Wildman–Crippen MR) is 38.8 cm³/mol. The van der Waals surface area contributed by atoms with Gasteiger partial charge >= 0.3 is 0 Å². The lowest BCUT2D eigenvalue weighted by Crippen LogP contribution is -2.42. The van der Waals surface area contributed by atoms with Gasteiger partial charge in [0.25, 0.3) is 0 Å². The van der Waals surface area contributed by atoms with E-state index in [1.807, 2.05) is 0 Å². The van der Waals surface area contributed by atoms with Crippen molar-refractivity contribution in [3.63, 3.8) is 0 Å². The maximum absolute atomic E-state index is 11.1. The van der Waals surface area contributed by atoms with Gasteiger partial charge in [0.05, 0.1) is 6.04 Å². The topological polar surface area (TPSA) is 29.1 Å². The maximum atomic E-state index is 11.1. The first-order valence-corrected chi connectivity index (χ1v) is 4.14. The maximum Gasteiger partial charge on any atom is 0.150 e. The van der Waals surface area contributed by atoms with Crippen LogP contribution < -0.4 is 5.32 Å². The highest BCUT2D eigenvalue weighted by molar-refractivity contribution is 5.86. The zero-order chi connectivity index (χ0) is 6.97. The van der Waals surface area contributed by atoms with Crippen molar-refractivity contribution < 1.29 is 4.79 Å². The molecule has 1 N–H and O–H groups in total. The van der Waals surface area contributed by atoms with Crippen LogP contribution in [0.15, 0.2) is 0 Å². The van der Waals surface area contributed by atoms with Crippen molar-refractivity contribution in [2.75, 3.05) is 6.54 Å². The number of ketones is 1. The molecule has 0 bridgehead atoms. The lowest BCUT2D eigenvalue weighted by Gasteiger charge is -2.24. The summed E-state index contributed by atoms with van der Waals surface area (Å²) in [6, 6.07) is 0.244. The third kappa shape index (κ3) is 0.870. The summed E-state index contributed by atoms with van der Waals surface area (Å²) in [4.78, 5) is 11.1. The SMILES string of the molecule is O=C1CCC2CCCNC12. The van der Waals surface area contributed by atoms with E-state index in [2.05, 4.69) is 5.32 Å². The Morgan fingerprint density at radius 3 is 3.10 bits per heavy atom. The first-order valence-electron chi connectivity index (χ1n) is 4.14. The minimum Gasteiger partial charge on any atom is -0.307 e. The molecule has 2 fully saturated rings. The largest absolute Gasteiger partial charge is 0.307 e. The fourth-order valence-corrected chi connectivity index (χ4v) is 2.13. The summed E-state index contributed by atoms with van der Waals surface area (Å²) in [6.07, 6.45) is 4.48. The Balaban J connectivity index is 2.08. The molecule has 2 nitrogen and oxygen atoms in total. The van der Waals surface area contributed by atoms with Crippen LogP contribution in [0.3, 0.4) is 0 Å². The number of hydrogen-bond donors (Lipinski definition) is 1. The summed E-state index contributed by atoms with van der Waals surface area (Å²) in [6.45, 7) is 1.05. The molecule has 1 aliphatic carbocycles. The molecule has 0 aromatic rings. The van der Waals surface area contributed by atoms with E-state index in [9.17, 15) is 4.79 Å². The van der Waals surface area contributed by atoms with Gasteiger partial charge in [-0.15, -0.1) is 0 Å². The molecular formula is C8H13NO. The number of carbonyl (C=O) groups is 1. The monoisotopic (exact) mass is 139 g/mol. The zero-order valence-corrected chi connectivity index (χ0v) is 6.10. The molecule has 56 valence electrons. The smallest absolute Gasteiger partial charge is 0.150 e. The normalized spacial score (nSPS) is 39.8. The van der Waals surface area contributed by atoms with Crippen molar-refractivity contribution in [1.82, 2.24) is 5.32 Å². The molecule has 0 spiro atoms. The van der Waals surface area contributed by atoms with E-state index in [0.717, 1.165) is 19.4 Å². The van der Waals surface area contributed by atoms with Gasteiger partial charge in [0.1, 0.15) is 5.78 Å². The predicted octanol–water partition coefficient (Wildman–Crippen LogP) is 0.718. The van der Waals surface area contributed by atoms with Crippen molar-refractivity contribution >= 4 is 5.78 Å². The van der Waals surface area contributed by atoms with Gasteiger partial charge in [-0.25, -0.2) is 0 Å². The number of hydrogen-bond acceptors (Lipinski definition) is 2. The van der Waals surface area contributed by atoms with Crippen LogP contribution in [-0.4, -0.2) is 18.4 Å². The van der Waals surface area contributed by atoms with Gasteiger partial charge in [-0.1, -0.05) is 0 Å². The second kappa shape index (κ2) is 2.35. The lowest BCUT2D eigenvalue weighted by molar-refractivity contribution is -0.119.